The van der Waals surface area contributed by atoms with Crippen molar-refractivity contribution in [3.63, 3.8) is 0 Å². The first kappa shape index (κ1) is 43.0. The minimum atomic E-state index is -2.18. The van der Waals surface area contributed by atoms with Gasteiger partial charge in [0.05, 0.1) is 25.9 Å². The number of hydrogen-bond acceptors (Lipinski definition) is 20. The number of aromatic hydroxyl groups is 4. The van der Waals surface area contributed by atoms with Crippen LogP contribution in [0.4, 0.5) is 0 Å². The van der Waals surface area contributed by atoms with Crippen LogP contribution >= 0.6 is 0 Å². The van der Waals surface area contributed by atoms with Gasteiger partial charge in [-0.15, -0.1) is 0 Å². The fraction of sp³-hybridized carbons (Fsp3) is 0.556. The Balaban J connectivity index is 1.53. The van der Waals surface area contributed by atoms with Gasteiger partial charge in [0.2, 0.25) is 0 Å². The normalized spacial score (nSPS) is 34.7. The maximum Gasteiger partial charge on any atom is 0.331 e. The SMILES string of the molecule is CC(=O)OC[C@H]1O[C@@H](OCCc2ccc(O)c(O)c2)[C@H](O[C@@H]2OC[C@](O)(CO)[C@H]2O)[C@@H](O[C@@H]2O[C@@H](C)[C@H](O)[C@@H](O)[C@H]2O)[C@@H]1OC(=O)C=Cc1ccc(O)c(O)c1. The van der Waals surface area contributed by atoms with Gasteiger partial charge in [-0.25, -0.2) is 4.79 Å². The Morgan fingerprint density at radius 2 is 1.52 bits per heavy atom. The number of carbonyl (C=O) groups is 2. The van der Waals surface area contributed by atoms with Gasteiger partial charge >= 0.3 is 11.9 Å². The van der Waals surface area contributed by atoms with Crippen molar-refractivity contribution in [3.05, 3.63) is 53.6 Å². The molecule has 3 saturated heterocycles. The van der Waals surface area contributed by atoms with E-state index in [0.717, 1.165) is 19.1 Å². The second kappa shape index (κ2) is 18.4. The van der Waals surface area contributed by atoms with E-state index in [4.69, 9.17) is 37.9 Å². The topological polar surface area (TPSA) is 310 Å². The maximum absolute atomic E-state index is 13.4. The average Bonchev–Trinajstić information content (AvgIpc) is 3.45. The number of ether oxygens (including phenoxy) is 8. The number of rotatable bonds is 14. The van der Waals surface area contributed by atoms with Crippen LogP contribution in [-0.4, -0.2) is 169 Å². The van der Waals surface area contributed by atoms with Crippen molar-refractivity contribution in [3.8, 4) is 23.0 Å². The Kier molecular flexibility index (Phi) is 14.1. The van der Waals surface area contributed by atoms with E-state index in [0.29, 0.717) is 5.56 Å². The molecule has 0 unspecified atom stereocenters. The highest BCUT2D eigenvalue weighted by Gasteiger charge is 2.57. The van der Waals surface area contributed by atoms with E-state index < -0.39 is 128 Å². The summed E-state index contributed by atoms with van der Waals surface area (Å²) >= 11 is 0. The van der Waals surface area contributed by atoms with Gasteiger partial charge in [-0.1, -0.05) is 12.1 Å². The summed E-state index contributed by atoms with van der Waals surface area (Å²) < 4.78 is 46.7. The van der Waals surface area contributed by atoms with Gasteiger partial charge in [0, 0.05) is 13.0 Å². The third kappa shape index (κ3) is 10.0. The molecular weight excluding hydrogens is 752 g/mol. The molecule has 2 aromatic carbocycles. The number of carbonyl (C=O) groups excluding carboxylic acids is 2. The minimum absolute atomic E-state index is 0.0927. The number of aliphatic hydroxyl groups is 6. The van der Waals surface area contributed by atoms with Gasteiger partial charge in [-0.05, 0) is 54.8 Å². The molecule has 3 aliphatic heterocycles. The van der Waals surface area contributed by atoms with Crippen LogP contribution in [0.3, 0.4) is 0 Å². The number of phenols is 4. The fourth-order valence-corrected chi connectivity index (χ4v) is 6.13. The van der Waals surface area contributed by atoms with Gasteiger partial charge < -0.3 is 89.0 Å². The van der Waals surface area contributed by atoms with E-state index in [-0.39, 0.29) is 24.3 Å². The summed E-state index contributed by atoms with van der Waals surface area (Å²) in [5.74, 6) is -3.48. The van der Waals surface area contributed by atoms with Crippen molar-refractivity contribution >= 4 is 18.0 Å². The Morgan fingerprint density at radius 1 is 0.839 bits per heavy atom. The quantitative estimate of drug-likeness (QED) is 0.0562. The zero-order chi connectivity index (χ0) is 40.9. The van der Waals surface area contributed by atoms with Crippen LogP contribution in [0.5, 0.6) is 23.0 Å². The largest absolute Gasteiger partial charge is 0.504 e. The van der Waals surface area contributed by atoms with E-state index in [1.165, 1.54) is 43.3 Å². The third-order valence-corrected chi connectivity index (χ3v) is 9.39. The Hall–Kier alpha value is -4.16. The van der Waals surface area contributed by atoms with Crippen LogP contribution in [0.15, 0.2) is 42.5 Å². The Morgan fingerprint density at radius 3 is 2.16 bits per heavy atom. The van der Waals surface area contributed by atoms with Crippen molar-refractivity contribution in [1.82, 2.24) is 0 Å². The van der Waals surface area contributed by atoms with Gasteiger partial charge in [0.15, 0.2) is 48.0 Å². The molecule has 0 amide bonds. The minimum Gasteiger partial charge on any atom is -0.504 e. The molecule has 13 atom stereocenters. The molecule has 3 aliphatic rings. The molecular formula is C36H46O20. The lowest BCUT2D eigenvalue weighted by Crippen LogP contribution is -2.66. The standard InChI is InChI=1S/C36H46O20/c1-16-26(44)27(45)28(46)33(52-16)55-30-29(54-25(43)8-5-18-3-6-20(39)22(41)11-18)24(13-50-17(2)38)53-34(49-10-9-19-4-7-21(40)23(42)12-19)31(30)56-35-32(47)36(48,14-37)15-51-35/h3-8,11-12,16,24,26-35,37,39-42,44-48H,9-10,13-15H2,1-2H3/t16-,24+,26-,27+,28+,29+,30-,31+,32-,33-,34+,35-,36+/m0/s1. The Bertz CT molecular complexity index is 1690. The van der Waals surface area contributed by atoms with E-state index in [1.807, 2.05) is 0 Å². The van der Waals surface area contributed by atoms with Crippen LogP contribution in [0.25, 0.3) is 6.08 Å². The van der Waals surface area contributed by atoms with Crippen LogP contribution in [0.1, 0.15) is 25.0 Å². The number of benzene rings is 2. The van der Waals surface area contributed by atoms with Crippen molar-refractivity contribution in [2.24, 2.45) is 0 Å². The third-order valence-electron chi connectivity index (χ3n) is 9.39. The van der Waals surface area contributed by atoms with Crippen molar-refractivity contribution in [1.29, 1.82) is 0 Å². The zero-order valence-electron chi connectivity index (χ0n) is 30.1. The Labute approximate surface area is 319 Å². The van der Waals surface area contributed by atoms with Crippen LogP contribution in [0.2, 0.25) is 0 Å². The molecule has 0 radical (unpaired) electrons. The van der Waals surface area contributed by atoms with E-state index in [1.54, 1.807) is 0 Å². The number of hydrogen-bond donors (Lipinski definition) is 10. The van der Waals surface area contributed by atoms with Crippen LogP contribution in [0, 0.1) is 0 Å². The molecule has 0 aromatic heterocycles. The maximum atomic E-state index is 13.4. The molecule has 0 saturated carbocycles. The van der Waals surface area contributed by atoms with E-state index >= 15 is 0 Å². The lowest BCUT2D eigenvalue weighted by atomic mass is 9.96. The molecule has 0 spiro atoms. The molecule has 3 fully saturated rings. The monoisotopic (exact) mass is 798 g/mol. The van der Waals surface area contributed by atoms with E-state index in [9.17, 15) is 60.7 Å². The molecule has 3 heterocycles. The van der Waals surface area contributed by atoms with Crippen LogP contribution < -0.4 is 0 Å². The van der Waals surface area contributed by atoms with E-state index in [2.05, 4.69) is 0 Å². The highest BCUT2D eigenvalue weighted by molar-refractivity contribution is 5.87. The summed E-state index contributed by atoms with van der Waals surface area (Å²) in [5.41, 5.74) is -1.41. The predicted molar refractivity (Wildman–Crippen MR) is 183 cm³/mol. The summed E-state index contributed by atoms with van der Waals surface area (Å²) in [6.07, 6.45) is -17.6. The molecule has 310 valence electrons. The predicted octanol–water partition coefficient (Wildman–Crippen LogP) is -1.98. The molecule has 0 bridgehead atoms. The first-order valence-electron chi connectivity index (χ1n) is 17.5. The lowest BCUT2D eigenvalue weighted by molar-refractivity contribution is -0.375. The van der Waals surface area contributed by atoms with Crippen molar-refractivity contribution in [2.45, 2.75) is 99.7 Å². The van der Waals surface area contributed by atoms with Gasteiger partial charge in [0.1, 0.15) is 54.9 Å². The van der Waals surface area contributed by atoms with Gasteiger partial charge in [-0.2, -0.15) is 0 Å². The average molecular weight is 799 g/mol. The van der Waals surface area contributed by atoms with Crippen molar-refractivity contribution < 1.29 is 98.5 Å². The van der Waals surface area contributed by atoms with Gasteiger partial charge in [-0.3, -0.25) is 4.79 Å². The number of esters is 2. The molecule has 20 heteroatoms. The fourth-order valence-electron chi connectivity index (χ4n) is 6.13. The molecule has 5 rings (SSSR count). The molecule has 10 N–H and O–H groups in total. The lowest BCUT2D eigenvalue weighted by Gasteiger charge is -2.48. The van der Waals surface area contributed by atoms with Gasteiger partial charge in [0.25, 0.3) is 0 Å². The summed E-state index contributed by atoms with van der Waals surface area (Å²) in [4.78, 5) is 25.4. The van der Waals surface area contributed by atoms with Crippen molar-refractivity contribution in [2.75, 3.05) is 26.4 Å². The molecule has 20 nitrogen and oxygen atoms in total. The summed E-state index contributed by atoms with van der Waals surface area (Å²) in [6, 6.07) is 7.77. The first-order chi connectivity index (χ1) is 26.5. The summed E-state index contributed by atoms with van der Waals surface area (Å²) in [6.45, 7) is 0.147. The highest BCUT2D eigenvalue weighted by Crippen LogP contribution is 2.36. The highest BCUT2D eigenvalue weighted by atomic mass is 16.8. The molecule has 56 heavy (non-hydrogen) atoms. The summed E-state index contributed by atoms with van der Waals surface area (Å²) in [5, 5.41) is 103. The zero-order valence-corrected chi connectivity index (χ0v) is 30.1. The van der Waals surface area contributed by atoms with Crippen LogP contribution in [-0.2, 0) is 53.9 Å². The molecule has 2 aromatic rings. The second-order valence-electron chi connectivity index (χ2n) is 13.5. The number of aliphatic hydroxyl groups excluding tert-OH is 5. The second-order valence-corrected chi connectivity index (χ2v) is 13.5. The first-order valence-corrected chi connectivity index (χ1v) is 17.5. The molecule has 0 aliphatic carbocycles. The smallest absolute Gasteiger partial charge is 0.331 e. The number of phenolic OH excluding ortho intramolecular Hbond substituents is 4. The summed E-state index contributed by atoms with van der Waals surface area (Å²) in [7, 11) is 0.